The summed E-state index contributed by atoms with van der Waals surface area (Å²) in [4.78, 5) is 16.8. The molecule has 0 radical (unpaired) electrons. The number of carbonyl (C=O) groups excluding carboxylic acids is 1. The second-order valence-corrected chi connectivity index (χ2v) is 6.50. The van der Waals surface area contributed by atoms with E-state index >= 15 is 0 Å². The average Bonchev–Trinajstić information content (AvgIpc) is 3.07. The minimum atomic E-state index is -0.000138. The standard InChI is InChI=1S/C18H22ClN3O2/c1-14-16(19)5-2-6-17(14)20-18(23)13-22-9-7-21(8-10-22)12-15-4-3-11-24-15/h2-6,11H,7-10,12-13H2,1H3,(H,20,23). The molecule has 0 saturated carbocycles. The molecule has 1 N–H and O–H groups in total. The maximum Gasteiger partial charge on any atom is 0.238 e. The van der Waals surface area contributed by atoms with Crippen LogP contribution in [-0.4, -0.2) is 48.4 Å². The van der Waals surface area contributed by atoms with Gasteiger partial charge in [0, 0.05) is 36.9 Å². The zero-order valence-electron chi connectivity index (χ0n) is 13.8. The quantitative estimate of drug-likeness (QED) is 0.903. The summed E-state index contributed by atoms with van der Waals surface area (Å²) in [5.41, 5.74) is 1.68. The molecule has 2 aromatic rings. The molecule has 3 rings (SSSR count). The summed E-state index contributed by atoms with van der Waals surface area (Å²) in [6.07, 6.45) is 1.70. The van der Waals surface area contributed by atoms with Crippen molar-refractivity contribution in [3.8, 4) is 0 Å². The molecular formula is C18H22ClN3O2. The van der Waals surface area contributed by atoms with Crippen LogP contribution < -0.4 is 5.32 Å². The SMILES string of the molecule is Cc1c(Cl)cccc1NC(=O)CN1CCN(Cc2ccco2)CC1. The molecular weight excluding hydrogens is 326 g/mol. The lowest BCUT2D eigenvalue weighted by Gasteiger charge is -2.33. The third-order valence-corrected chi connectivity index (χ3v) is 4.74. The van der Waals surface area contributed by atoms with Gasteiger partial charge in [0.25, 0.3) is 0 Å². The number of carbonyl (C=O) groups is 1. The molecule has 0 unspecified atom stereocenters. The number of hydrogen-bond donors (Lipinski definition) is 1. The van der Waals surface area contributed by atoms with Crippen molar-refractivity contribution in [1.29, 1.82) is 0 Å². The van der Waals surface area contributed by atoms with Crippen LogP contribution in [0.4, 0.5) is 5.69 Å². The molecule has 2 heterocycles. The minimum Gasteiger partial charge on any atom is -0.468 e. The number of amides is 1. The molecule has 128 valence electrons. The molecule has 24 heavy (non-hydrogen) atoms. The van der Waals surface area contributed by atoms with E-state index in [-0.39, 0.29) is 5.91 Å². The van der Waals surface area contributed by atoms with Gasteiger partial charge in [0.05, 0.1) is 19.4 Å². The number of nitrogens with zero attached hydrogens (tertiary/aromatic N) is 2. The van der Waals surface area contributed by atoms with Crippen LogP contribution in [-0.2, 0) is 11.3 Å². The molecule has 1 saturated heterocycles. The lowest BCUT2D eigenvalue weighted by atomic mass is 10.2. The first-order chi connectivity index (χ1) is 11.6. The van der Waals surface area contributed by atoms with Gasteiger partial charge in [-0.2, -0.15) is 0 Å². The molecule has 0 aliphatic carbocycles. The topological polar surface area (TPSA) is 48.7 Å². The van der Waals surface area contributed by atoms with Gasteiger partial charge in [0.1, 0.15) is 5.76 Å². The van der Waals surface area contributed by atoms with E-state index in [0.717, 1.165) is 49.7 Å². The van der Waals surface area contributed by atoms with E-state index in [4.69, 9.17) is 16.0 Å². The van der Waals surface area contributed by atoms with Crippen molar-refractivity contribution in [3.63, 3.8) is 0 Å². The fraction of sp³-hybridized carbons (Fsp3) is 0.389. The summed E-state index contributed by atoms with van der Waals surface area (Å²) in [5, 5.41) is 3.62. The van der Waals surface area contributed by atoms with Crippen LogP contribution in [0, 0.1) is 6.92 Å². The first-order valence-electron chi connectivity index (χ1n) is 8.14. The van der Waals surface area contributed by atoms with Gasteiger partial charge >= 0.3 is 0 Å². The number of anilines is 1. The summed E-state index contributed by atoms with van der Waals surface area (Å²) >= 11 is 6.09. The van der Waals surface area contributed by atoms with Crippen molar-refractivity contribution in [2.24, 2.45) is 0 Å². The summed E-state index contributed by atoms with van der Waals surface area (Å²) in [6.45, 7) is 6.76. The highest BCUT2D eigenvalue weighted by Gasteiger charge is 2.20. The number of benzene rings is 1. The molecule has 1 amide bonds. The van der Waals surface area contributed by atoms with E-state index in [1.165, 1.54) is 0 Å². The minimum absolute atomic E-state index is 0.000138. The highest BCUT2D eigenvalue weighted by Crippen LogP contribution is 2.22. The van der Waals surface area contributed by atoms with Crippen LogP contribution in [0.25, 0.3) is 0 Å². The summed E-state index contributed by atoms with van der Waals surface area (Å²) < 4.78 is 5.38. The Hall–Kier alpha value is -1.82. The van der Waals surface area contributed by atoms with E-state index < -0.39 is 0 Å². The highest BCUT2D eigenvalue weighted by atomic mass is 35.5. The third-order valence-electron chi connectivity index (χ3n) is 4.33. The zero-order chi connectivity index (χ0) is 16.9. The van der Waals surface area contributed by atoms with Crippen LogP contribution in [0.2, 0.25) is 5.02 Å². The predicted octanol–water partition coefficient (Wildman–Crippen LogP) is 3.00. The Morgan fingerprint density at radius 1 is 1.17 bits per heavy atom. The van der Waals surface area contributed by atoms with Crippen molar-refractivity contribution in [1.82, 2.24) is 9.80 Å². The van der Waals surface area contributed by atoms with E-state index in [1.807, 2.05) is 37.3 Å². The monoisotopic (exact) mass is 347 g/mol. The number of rotatable bonds is 5. The summed E-state index contributed by atoms with van der Waals surface area (Å²) in [6, 6.07) is 9.45. The fourth-order valence-electron chi connectivity index (χ4n) is 2.86. The number of furan rings is 1. The van der Waals surface area contributed by atoms with Crippen molar-refractivity contribution in [2.45, 2.75) is 13.5 Å². The maximum absolute atomic E-state index is 12.3. The lowest BCUT2D eigenvalue weighted by Crippen LogP contribution is -2.48. The number of piperazine rings is 1. The highest BCUT2D eigenvalue weighted by molar-refractivity contribution is 6.31. The molecule has 5 nitrogen and oxygen atoms in total. The van der Waals surface area contributed by atoms with Crippen molar-refractivity contribution in [2.75, 3.05) is 38.0 Å². The van der Waals surface area contributed by atoms with Crippen LogP contribution >= 0.6 is 11.6 Å². The molecule has 0 bridgehead atoms. The Kier molecular flexibility index (Phi) is 5.56. The Labute approximate surface area is 147 Å². The van der Waals surface area contributed by atoms with Gasteiger partial charge < -0.3 is 9.73 Å². The van der Waals surface area contributed by atoms with E-state index in [9.17, 15) is 4.79 Å². The Morgan fingerprint density at radius 3 is 2.62 bits per heavy atom. The Bertz CT molecular complexity index is 680. The van der Waals surface area contributed by atoms with Gasteiger partial charge in [-0.15, -0.1) is 0 Å². The number of nitrogens with one attached hydrogen (secondary N) is 1. The van der Waals surface area contributed by atoms with Crippen LogP contribution in [0.3, 0.4) is 0 Å². The largest absolute Gasteiger partial charge is 0.468 e. The number of hydrogen-bond acceptors (Lipinski definition) is 4. The normalized spacial score (nSPS) is 16.2. The summed E-state index contributed by atoms with van der Waals surface area (Å²) in [7, 11) is 0. The molecule has 6 heteroatoms. The summed E-state index contributed by atoms with van der Waals surface area (Å²) in [5.74, 6) is 0.984. The first-order valence-corrected chi connectivity index (χ1v) is 8.51. The lowest BCUT2D eigenvalue weighted by molar-refractivity contribution is -0.117. The van der Waals surface area contributed by atoms with Crippen LogP contribution in [0.1, 0.15) is 11.3 Å². The third kappa shape index (κ3) is 4.38. The van der Waals surface area contributed by atoms with Gasteiger partial charge in [-0.05, 0) is 36.8 Å². The maximum atomic E-state index is 12.3. The van der Waals surface area contributed by atoms with E-state index in [0.29, 0.717) is 11.6 Å². The molecule has 1 aliphatic rings. The van der Waals surface area contributed by atoms with Crippen molar-refractivity contribution < 1.29 is 9.21 Å². The Balaban J connectivity index is 1.45. The first kappa shape index (κ1) is 17.0. The molecule has 1 aliphatic heterocycles. The second kappa shape index (κ2) is 7.83. The average molecular weight is 348 g/mol. The predicted molar refractivity (Wildman–Crippen MR) is 95.2 cm³/mol. The van der Waals surface area contributed by atoms with E-state index in [1.54, 1.807) is 6.26 Å². The van der Waals surface area contributed by atoms with Gasteiger partial charge in [0.2, 0.25) is 5.91 Å². The van der Waals surface area contributed by atoms with Crippen LogP contribution in [0.5, 0.6) is 0 Å². The molecule has 0 atom stereocenters. The smallest absolute Gasteiger partial charge is 0.238 e. The van der Waals surface area contributed by atoms with Gasteiger partial charge in [0.15, 0.2) is 0 Å². The number of halogens is 1. The van der Waals surface area contributed by atoms with Crippen molar-refractivity contribution in [3.05, 3.63) is 52.9 Å². The van der Waals surface area contributed by atoms with Crippen LogP contribution in [0.15, 0.2) is 41.0 Å². The molecule has 1 aromatic carbocycles. The molecule has 0 spiro atoms. The van der Waals surface area contributed by atoms with Gasteiger partial charge in [-0.3, -0.25) is 14.6 Å². The Morgan fingerprint density at radius 2 is 1.92 bits per heavy atom. The van der Waals surface area contributed by atoms with Crippen molar-refractivity contribution >= 4 is 23.2 Å². The van der Waals surface area contributed by atoms with E-state index in [2.05, 4.69) is 15.1 Å². The zero-order valence-corrected chi connectivity index (χ0v) is 14.6. The van der Waals surface area contributed by atoms with Gasteiger partial charge in [-0.1, -0.05) is 17.7 Å². The molecule has 1 fully saturated rings. The van der Waals surface area contributed by atoms with Gasteiger partial charge in [-0.25, -0.2) is 0 Å². The fourth-order valence-corrected chi connectivity index (χ4v) is 3.04. The second-order valence-electron chi connectivity index (χ2n) is 6.09. The molecule has 1 aromatic heterocycles.